The molecule has 4 heterocycles. The number of esters is 1. The molecule has 0 unspecified atom stereocenters. The Morgan fingerprint density at radius 3 is 2.91 bits per heavy atom. The Hall–Kier alpha value is -1.95. The summed E-state index contributed by atoms with van der Waals surface area (Å²) in [6, 6.07) is 2.04. The second kappa shape index (κ2) is 5.03. The second-order valence-corrected chi connectivity index (χ2v) is 6.03. The molecule has 8 heteroatoms. The third kappa shape index (κ3) is 2.08. The van der Waals surface area contributed by atoms with Crippen LogP contribution in [0.1, 0.15) is 13.3 Å². The van der Waals surface area contributed by atoms with Crippen LogP contribution in [0, 0.1) is 11.3 Å². The zero-order valence-electron chi connectivity index (χ0n) is 12.5. The minimum absolute atomic E-state index is 0.218. The number of morpholine rings is 1. The Labute approximate surface area is 132 Å². The van der Waals surface area contributed by atoms with Gasteiger partial charge in [0.1, 0.15) is 12.2 Å². The van der Waals surface area contributed by atoms with E-state index in [0.717, 1.165) is 0 Å². The van der Waals surface area contributed by atoms with Crippen molar-refractivity contribution in [1.82, 2.24) is 4.90 Å². The fourth-order valence-electron chi connectivity index (χ4n) is 3.46. The number of hydrogen-bond donors (Lipinski definition) is 0. The first-order chi connectivity index (χ1) is 11.1. The van der Waals surface area contributed by atoms with Gasteiger partial charge in [-0.15, -0.1) is 0 Å². The van der Waals surface area contributed by atoms with Crippen LogP contribution in [0.4, 0.5) is 0 Å². The molecule has 0 aromatic carbocycles. The quantitative estimate of drug-likeness (QED) is 0.510. The third-order valence-electron chi connectivity index (χ3n) is 4.67. The van der Waals surface area contributed by atoms with E-state index >= 15 is 0 Å². The predicted octanol–water partition coefficient (Wildman–Crippen LogP) is -0.509. The highest BCUT2D eigenvalue weighted by Crippen LogP contribution is 2.40. The van der Waals surface area contributed by atoms with E-state index < -0.39 is 36.2 Å². The standard InChI is InChI=1S/C15H16N2O6/c1-2-17-6-10-21-11(13(17)18)12(22-10)14(19)23-15(7-16)5-8-3-4-9(15)20-8/h3-4,8-12H,2,5-6H2,1H3/t8-,9+,10-,11+,12+,15-/m1/s1. The molecule has 0 aromatic rings. The lowest BCUT2D eigenvalue weighted by Crippen LogP contribution is -2.51. The number of hydrogen-bond acceptors (Lipinski definition) is 7. The van der Waals surface area contributed by atoms with Crippen LogP contribution in [0.5, 0.6) is 0 Å². The summed E-state index contributed by atoms with van der Waals surface area (Å²) in [5.41, 5.74) is -1.36. The molecule has 23 heavy (non-hydrogen) atoms. The van der Waals surface area contributed by atoms with Crippen molar-refractivity contribution in [2.24, 2.45) is 0 Å². The monoisotopic (exact) mass is 320 g/mol. The zero-order valence-corrected chi connectivity index (χ0v) is 12.5. The van der Waals surface area contributed by atoms with E-state index in [0.29, 0.717) is 6.54 Å². The van der Waals surface area contributed by atoms with Gasteiger partial charge in [-0.1, -0.05) is 12.2 Å². The Morgan fingerprint density at radius 2 is 2.30 bits per heavy atom. The highest BCUT2D eigenvalue weighted by atomic mass is 16.8. The lowest BCUT2D eigenvalue weighted by molar-refractivity contribution is -0.170. The fraction of sp³-hybridized carbons (Fsp3) is 0.667. The Kier molecular flexibility index (Phi) is 3.20. The average Bonchev–Trinajstić information content (AvgIpc) is 3.24. The number of likely N-dealkylation sites (N-methyl/N-ethyl adjacent to an activating group) is 1. The Balaban J connectivity index is 1.51. The summed E-state index contributed by atoms with van der Waals surface area (Å²) in [5.74, 6) is -1.05. The summed E-state index contributed by atoms with van der Waals surface area (Å²) in [7, 11) is 0. The van der Waals surface area contributed by atoms with Crippen molar-refractivity contribution in [3.8, 4) is 6.07 Å². The van der Waals surface area contributed by atoms with Crippen LogP contribution in [0.2, 0.25) is 0 Å². The highest BCUT2D eigenvalue weighted by molar-refractivity contribution is 5.90. The summed E-state index contributed by atoms with van der Waals surface area (Å²) in [6.07, 6.45) is 0.273. The van der Waals surface area contributed by atoms with E-state index in [1.165, 1.54) is 0 Å². The maximum Gasteiger partial charge on any atom is 0.340 e. The number of fused-ring (bicyclic) bond motifs is 4. The molecule has 4 aliphatic rings. The molecular weight excluding hydrogens is 304 g/mol. The highest BCUT2D eigenvalue weighted by Gasteiger charge is 2.57. The summed E-state index contributed by atoms with van der Waals surface area (Å²) in [5, 5.41) is 9.46. The number of carbonyl (C=O) groups is 2. The van der Waals surface area contributed by atoms with Gasteiger partial charge in [-0.05, 0) is 6.92 Å². The van der Waals surface area contributed by atoms with Crippen molar-refractivity contribution in [2.45, 2.75) is 49.7 Å². The lowest BCUT2D eigenvalue weighted by atomic mass is 9.90. The van der Waals surface area contributed by atoms with Crippen molar-refractivity contribution in [2.75, 3.05) is 13.1 Å². The first kappa shape index (κ1) is 14.6. The van der Waals surface area contributed by atoms with Crippen LogP contribution >= 0.6 is 0 Å². The largest absolute Gasteiger partial charge is 0.438 e. The zero-order chi connectivity index (χ0) is 16.2. The minimum atomic E-state index is -1.36. The summed E-state index contributed by atoms with van der Waals surface area (Å²) < 4.78 is 21.9. The normalized spacial score (nSPS) is 43.7. The molecule has 122 valence electrons. The van der Waals surface area contributed by atoms with Gasteiger partial charge in [-0.25, -0.2) is 4.79 Å². The number of nitrogens with zero attached hydrogens (tertiary/aromatic N) is 2. The summed E-state index contributed by atoms with van der Waals surface area (Å²) in [6.45, 7) is 2.65. The lowest BCUT2D eigenvalue weighted by Gasteiger charge is -2.30. The number of amides is 1. The molecule has 4 aliphatic heterocycles. The van der Waals surface area contributed by atoms with Crippen molar-refractivity contribution in [3.05, 3.63) is 12.2 Å². The molecule has 0 saturated carbocycles. The molecular formula is C15H16N2O6. The van der Waals surface area contributed by atoms with Crippen molar-refractivity contribution >= 4 is 11.9 Å². The molecule has 0 aliphatic carbocycles. The number of ether oxygens (including phenoxy) is 4. The van der Waals surface area contributed by atoms with Gasteiger partial charge in [-0.3, -0.25) is 4.79 Å². The molecule has 4 bridgehead atoms. The molecule has 0 N–H and O–H groups in total. The predicted molar refractivity (Wildman–Crippen MR) is 72.6 cm³/mol. The maximum atomic E-state index is 12.5. The summed E-state index contributed by atoms with van der Waals surface area (Å²) >= 11 is 0. The van der Waals surface area contributed by atoms with E-state index in [1.807, 2.05) is 19.1 Å². The van der Waals surface area contributed by atoms with Gasteiger partial charge in [0, 0.05) is 13.0 Å². The van der Waals surface area contributed by atoms with E-state index in [4.69, 9.17) is 18.9 Å². The Bertz CT molecular complexity index is 628. The molecule has 3 saturated heterocycles. The van der Waals surface area contributed by atoms with Gasteiger partial charge in [-0.2, -0.15) is 5.26 Å². The van der Waals surface area contributed by atoms with Gasteiger partial charge in [0.2, 0.25) is 5.60 Å². The minimum Gasteiger partial charge on any atom is -0.438 e. The molecule has 3 fully saturated rings. The van der Waals surface area contributed by atoms with E-state index in [1.54, 1.807) is 11.0 Å². The van der Waals surface area contributed by atoms with Gasteiger partial charge < -0.3 is 23.8 Å². The van der Waals surface area contributed by atoms with Gasteiger partial charge in [0.05, 0.1) is 12.6 Å². The third-order valence-corrected chi connectivity index (χ3v) is 4.67. The van der Waals surface area contributed by atoms with Crippen molar-refractivity contribution < 1.29 is 28.5 Å². The van der Waals surface area contributed by atoms with Crippen LogP contribution in [0.15, 0.2) is 12.2 Å². The van der Waals surface area contributed by atoms with Crippen LogP contribution in [0.3, 0.4) is 0 Å². The average molecular weight is 320 g/mol. The first-order valence-electron chi connectivity index (χ1n) is 7.64. The topological polar surface area (TPSA) is 98.1 Å². The maximum absolute atomic E-state index is 12.5. The molecule has 0 aromatic heterocycles. The van der Waals surface area contributed by atoms with Crippen LogP contribution in [-0.2, 0) is 28.5 Å². The van der Waals surface area contributed by atoms with Gasteiger partial charge in [0.15, 0.2) is 18.5 Å². The van der Waals surface area contributed by atoms with Gasteiger partial charge in [0.25, 0.3) is 5.91 Å². The van der Waals surface area contributed by atoms with Crippen LogP contribution in [-0.4, -0.2) is 66.2 Å². The van der Waals surface area contributed by atoms with Crippen LogP contribution < -0.4 is 0 Å². The smallest absolute Gasteiger partial charge is 0.340 e. The molecule has 0 radical (unpaired) electrons. The van der Waals surface area contributed by atoms with Gasteiger partial charge >= 0.3 is 5.97 Å². The molecule has 0 spiro atoms. The second-order valence-electron chi connectivity index (χ2n) is 6.03. The molecule has 1 amide bonds. The molecule has 4 rings (SSSR count). The molecule has 6 atom stereocenters. The summed E-state index contributed by atoms with van der Waals surface area (Å²) in [4.78, 5) is 26.3. The molecule has 8 nitrogen and oxygen atoms in total. The Morgan fingerprint density at radius 1 is 1.48 bits per heavy atom. The van der Waals surface area contributed by atoms with E-state index in [-0.39, 0.29) is 25.0 Å². The fourth-order valence-corrected chi connectivity index (χ4v) is 3.46. The van der Waals surface area contributed by atoms with Crippen molar-refractivity contribution in [1.29, 1.82) is 5.26 Å². The number of rotatable bonds is 3. The SMILES string of the molecule is CCN1C[C@H]2O[C@H](C(=O)O[C@@]3(C#N)C[C@H]4C=C[C@@H]3O4)[C@H](O2)C1=O. The first-order valence-corrected chi connectivity index (χ1v) is 7.64. The van der Waals surface area contributed by atoms with E-state index in [2.05, 4.69) is 0 Å². The van der Waals surface area contributed by atoms with Crippen molar-refractivity contribution in [3.63, 3.8) is 0 Å². The number of carbonyl (C=O) groups excluding carboxylic acids is 2. The number of nitriles is 1. The van der Waals surface area contributed by atoms with Crippen LogP contribution in [0.25, 0.3) is 0 Å². The van der Waals surface area contributed by atoms with E-state index in [9.17, 15) is 14.9 Å².